The van der Waals surface area contributed by atoms with Crippen LogP contribution in [-0.2, 0) is 14.6 Å². The zero-order valence-electron chi connectivity index (χ0n) is 14.1. The molecule has 136 valence electrons. The molecule has 1 saturated heterocycles. The quantitative estimate of drug-likeness (QED) is 0.397. The van der Waals surface area contributed by atoms with Gasteiger partial charge in [0.15, 0.2) is 4.71 Å². The minimum absolute atomic E-state index is 0.118. The maximum atomic E-state index is 12.8. The van der Waals surface area contributed by atoms with Crippen LogP contribution in [-0.4, -0.2) is 41.6 Å². The average molecular weight is 384 g/mol. The third kappa shape index (κ3) is 4.27. The van der Waals surface area contributed by atoms with Crippen LogP contribution in [0.2, 0.25) is 0 Å². The molecule has 1 aliphatic heterocycles. The largest absolute Gasteiger partial charge is 0.481 e. The predicted molar refractivity (Wildman–Crippen MR) is 94.9 cm³/mol. The molecular weight excluding hydrogens is 364 g/mol. The summed E-state index contributed by atoms with van der Waals surface area (Å²) in [5, 5.41) is 11.6. The van der Waals surface area contributed by atoms with E-state index in [0.717, 1.165) is 11.8 Å². The highest BCUT2D eigenvalue weighted by Crippen LogP contribution is 2.41. The molecule has 1 aliphatic rings. The Balaban J connectivity index is 2.18. The van der Waals surface area contributed by atoms with E-state index >= 15 is 0 Å². The van der Waals surface area contributed by atoms with E-state index in [9.17, 15) is 13.2 Å². The molecule has 1 fully saturated rings. The maximum absolute atomic E-state index is 12.8. The summed E-state index contributed by atoms with van der Waals surface area (Å²) in [7, 11) is -3.72. The van der Waals surface area contributed by atoms with E-state index in [0.29, 0.717) is 5.75 Å². The molecule has 2 rings (SSSR count). The van der Waals surface area contributed by atoms with E-state index in [2.05, 4.69) is 17.2 Å². The van der Waals surface area contributed by atoms with E-state index in [4.69, 9.17) is 9.94 Å². The van der Waals surface area contributed by atoms with Crippen molar-refractivity contribution >= 4 is 27.5 Å². The Labute approximate surface area is 151 Å². The number of hydrogen-bond donors (Lipinski definition) is 3. The second kappa shape index (κ2) is 7.66. The van der Waals surface area contributed by atoms with Crippen LogP contribution in [0.15, 0.2) is 29.2 Å². The Bertz CT molecular complexity index is 794. The van der Waals surface area contributed by atoms with E-state index in [-0.39, 0.29) is 11.5 Å². The number of ether oxygens (including phenoxy) is 1. The lowest BCUT2D eigenvalue weighted by Gasteiger charge is -2.22. The standard InChI is InChI=1S/C16H20N2O5S2/c1-4-5-10-23-11-6-8-12(9-7-11)25(21,22)15-17-13(14(19)18-20)16(2,3)24-15/h6-9,13,15,17,20H,10H2,1-3H3,(H,18,19). The van der Waals surface area contributed by atoms with Crippen molar-refractivity contribution in [1.82, 2.24) is 10.8 Å². The molecule has 0 spiro atoms. The molecule has 1 aromatic carbocycles. The SMILES string of the molecule is CC#CCOc1ccc(S(=O)(=O)C2NC(C(=O)NO)C(C)(C)S2)cc1. The fraction of sp³-hybridized carbons (Fsp3) is 0.438. The Morgan fingerprint density at radius 1 is 1.40 bits per heavy atom. The second-order valence-corrected chi connectivity index (χ2v) is 9.95. The number of carbonyl (C=O) groups excluding carboxylic acids is 1. The molecule has 0 aromatic heterocycles. The van der Waals surface area contributed by atoms with Crippen molar-refractivity contribution in [3.05, 3.63) is 24.3 Å². The summed E-state index contributed by atoms with van der Waals surface area (Å²) in [6, 6.07) is 5.20. The lowest BCUT2D eigenvalue weighted by atomic mass is 10.0. The van der Waals surface area contributed by atoms with Gasteiger partial charge in [-0.05, 0) is 45.0 Å². The zero-order chi connectivity index (χ0) is 18.7. The highest BCUT2D eigenvalue weighted by molar-refractivity contribution is 8.14. The normalized spacial score (nSPS) is 21.9. The van der Waals surface area contributed by atoms with Crippen LogP contribution in [0.4, 0.5) is 0 Å². The molecule has 1 amide bonds. The van der Waals surface area contributed by atoms with Gasteiger partial charge < -0.3 is 4.74 Å². The first-order valence-corrected chi connectivity index (χ1v) is 9.89. The number of nitrogens with one attached hydrogen (secondary N) is 2. The van der Waals surface area contributed by atoms with Gasteiger partial charge in [0.2, 0.25) is 9.84 Å². The summed E-state index contributed by atoms with van der Waals surface area (Å²) in [4.78, 5) is 11.9. The number of sulfone groups is 1. The summed E-state index contributed by atoms with van der Waals surface area (Å²) < 4.78 is 29.3. The number of rotatable bonds is 5. The van der Waals surface area contributed by atoms with Gasteiger partial charge in [0.1, 0.15) is 18.4 Å². The molecule has 3 N–H and O–H groups in total. The third-order valence-corrected chi connectivity index (χ3v) is 7.57. The number of thioether (sulfide) groups is 1. The van der Waals surface area contributed by atoms with Gasteiger partial charge in [0.25, 0.3) is 5.91 Å². The van der Waals surface area contributed by atoms with Crippen LogP contribution in [0.25, 0.3) is 0 Å². The van der Waals surface area contributed by atoms with Crippen molar-refractivity contribution in [3.63, 3.8) is 0 Å². The predicted octanol–water partition coefficient (Wildman–Crippen LogP) is 1.14. The summed E-state index contributed by atoms with van der Waals surface area (Å²) in [5.74, 6) is 5.31. The number of benzene rings is 1. The Hall–Kier alpha value is -1.73. The van der Waals surface area contributed by atoms with Crippen LogP contribution in [0.5, 0.6) is 5.75 Å². The minimum atomic E-state index is -3.72. The van der Waals surface area contributed by atoms with Crippen molar-refractivity contribution in [2.45, 2.75) is 41.2 Å². The number of amides is 1. The monoisotopic (exact) mass is 384 g/mol. The maximum Gasteiger partial charge on any atom is 0.261 e. The average Bonchev–Trinajstić information content (AvgIpc) is 2.91. The molecule has 2 atom stereocenters. The van der Waals surface area contributed by atoms with Gasteiger partial charge in [-0.15, -0.1) is 17.7 Å². The van der Waals surface area contributed by atoms with Gasteiger partial charge in [0.05, 0.1) is 4.90 Å². The van der Waals surface area contributed by atoms with Gasteiger partial charge in [-0.1, -0.05) is 5.92 Å². The molecule has 25 heavy (non-hydrogen) atoms. The lowest BCUT2D eigenvalue weighted by molar-refractivity contribution is -0.131. The fourth-order valence-electron chi connectivity index (χ4n) is 2.36. The van der Waals surface area contributed by atoms with Crippen LogP contribution in [0.1, 0.15) is 20.8 Å². The lowest BCUT2D eigenvalue weighted by Crippen LogP contribution is -2.50. The smallest absolute Gasteiger partial charge is 0.261 e. The molecule has 2 unspecified atom stereocenters. The number of hydrogen-bond acceptors (Lipinski definition) is 7. The molecule has 1 aromatic rings. The van der Waals surface area contributed by atoms with Crippen molar-refractivity contribution in [1.29, 1.82) is 0 Å². The van der Waals surface area contributed by atoms with E-state index in [1.165, 1.54) is 12.1 Å². The van der Waals surface area contributed by atoms with Crippen LogP contribution < -0.4 is 15.5 Å². The highest BCUT2D eigenvalue weighted by atomic mass is 32.3. The van der Waals surface area contributed by atoms with Crippen molar-refractivity contribution in [2.24, 2.45) is 0 Å². The van der Waals surface area contributed by atoms with E-state index in [1.54, 1.807) is 38.4 Å². The van der Waals surface area contributed by atoms with Gasteiger partial charge in [0, 0.05) is 4.75 Å². The summed E-state index contributed by atoms with van der Waals surface area (Å²) >= 11 is 1.12. The van der Waals surface area contributed by atoms with Crippen molar-refractivity contribution in [2.75, 3.05) is 6.61 Å². The first kappa shape index (κ1) is 19.6. The number of hydroxylamine groups is 1. The minimum Gasteiger partial charge on any atom is -0.481 e. The molecule has 1 heterocycles. The molecule has 0 aliphatic carbocycles. The van der Waals surface area contributed by atoms with Crippen LogP contribution in [0, 0.1) is 11.8 Å². The molecule has 7 nitrogen and oxygen atoms in total. The number of carbonyl (C=O) groups is 1. The summed E-state index contributed by atoms with van der Waals surface area (Å²) in [6.45, 7) is 5.42. The Kier molecular flexibility index (Phi) is 6.00. The first-order chi connectivity index (χ1) is 11.7. The fourth-order valence-corrected chi connectivity index (χ4v) is 6.09. The Morgan fingerprint density at radius 3 is 2.60 bits per heavy atom. The van der Waals surface area contributed by atoms with Gasteiger partial charge >= 0.3 is 0 Å². The topological polar surface area (TPSA) is 105 Å². The van der Waals surface area contributed by atoms with E-state index in [1.807, 2.05) is 0 Å². The van der Waals surface area contributed by atoms with Crippen molar-refractivity contribution < 1.29 is 23.2 Å². The van der Waals surface area contributed by atoms with Gasteiger partial charge in [-0.2, -0.15) is 0 Å². The summed E-state index contributed by atoms with van der Waals surface area (Å²) in [6.07, 6.45) is 0. The molecular formula is C16H20N2O5S2. The molecule has 0 saturated carbocycles. The second-order valence-electron chi connectivity index (χ2n) is 5.86. The van der Waals surface area contributed by atoms with E-state index < -0.39 is 31.2 Å². The third-order valence-electron chi connectivity index (χ3n) is 3.70. The van der Waals surface area contributed by atoms with Gasteiger partial charge in [-0.3, -0.25) is 15.3 Å². The van der Waals surface area contributed by atoms with Crippen molar-refractivity contribution in [3.8, 4) is 17.6 Å². The summed E-state index contributed by atoms with van der Waals surface area (Å²) in [5.41, 5.74) is 1.57. The zero-order valence-corrected chi connectivity index (χ0v) is 15.7. The Morgan fingerprint density at radius 2 is 2.04 bits per heavy atom. The van der Waals surface area contributed by atoms with Crippen LogP contribution >= 0.6 is 11.8 Å². The first-order valence-electron chi connectivity index (χ1n) is 7.46. The molecule has 0 bridgehead atoms. The van der Waals surface area contributed by atoms with Crippen LogP contribution in [0.3, 0.4) is 0 Å². The van der Waals surface area contributed by atoms with Gasteiger partial charge in [-0.25, -0.2) is 13.9 Å². The highest BCUT2D eigenvalue weighted by Gasteiger charge is 2.49. The molecule has 9 heteroatoms. The molecule has 0 radical (unpaired) electrons.